The highest BCUT2D eigenvalue weighted by atomic mass is 32.1. The number of halogens is 2. The molecular formula is C30H28F2N6O3S. The van der Waals surface area contributed by atoms with Crippen molar-refractivity contribution in [1.82, 2.24) is 29.4 Å². The van der Waals surface area contributed by atoms with Crippen LogP contribution in [0.5, 0.6) is 5.75 Å². The Kier molecular flexibility index (Phi) is 7.33. The van der Waals surface area contributed by atoms with E-state index in [9.17, 15) is 9.18 Å². The van der Waals surface area contributed by atoms with Crippen molar-refractivity contribution in [3.8, 4) is 39.5 Å². The molecule has 42 heavy (non-hydrogen) atoms. The number of fused-ring (bicyclic) bond motifs is 2. The molecule has 0 bridgehead atoms. The predicted molar refractivity (Wildman–Crippen MR) is 156 cm³/mol. The third-order valence-corrected chi connectivity index (χ3v) is 8.20. The molecule has 0 saturated heterocycles. The van der Waals surface area contributed by atoms with Gasteiger partial charge in [0.25, 0.3) is 0 Å². The van der Waals surface area contributed by atoms with Gasteiger partial charge in [-0.2, -0.15) is 10.2 Å². The zero-order valence-corrected chi connectivity index (χ0v) is 24.1. The van der Waals surface area contributed by atoms with E-state index in [1.165, 1.54) is 30.6 Å². The largest absolute Gasteiger partial charge is 0.490 e. The number of amides is 1. The SMILES string of the molecule is C=CC(=O)N1Cc2cc(-c3nc(-c4cnn(C)c4)c4ccsc4c3-c3c(F)cc(F)cc3OCCOC)nn2C[C@H]1C. The Balaban J connectivity index is 1.61. The highest BCUT2D eigenvalue weighted by Crippen LogP contribution is 2.47. The Hall–Kier alpha value is -4.42. The number of nitrogens with zero attached hydrogens (tertiary/aromatic N) is 6. The van der Waals surface area contributed by atoms with Gasteiger partial charge in [0.15, 0.2) is 0 Å². The van der Waals surface area contributed by atoms with E-state index in [1.54, 1.807) is 15.8 Å². The maximum absolute atomic E-state index is 15.9. The van der Waals surface area contributed by atoms with Crippen molar-refractivity contribution < 1.29 is 23.0 Å². The Labute approximate surface area is 244 Å². The summed E-state index contributed by atoms with van der Waals surface area (Å²) >= 11 is 1.42. The van der Waals surface area contributed by atoms with E-state index in [4.69, 9.17) is 19.6 Å². The summed E-state index contributed by atoms with van der Waals surface area (Å²) in [7, 11) is 3.35. The van der Waals surface area contributed by atoms with E-state index in [2.05, 4.69) is 11.7 Å². The number of aromatic nitrogens is 5. The second-order valence-corrected chi connectivity index (χ2v) is 11.0. The molecule has 0 radical (unpaired) electrons. The molecule has 0 spiro atoms. The van der Waals surface area contributed by atoms with Crippen molar-refractivity contribution in [2.45, 2.75) is 26.1 Å². The minimum Gasteiger partial charge on any atom is -0.490 e. The Morgan fingerprint density at radius 1 is 1.21 bits per heavy atom. The molecule has 1 atom stereocenters. The first kappa shape index (κ1) is 27.7. The summed E-state index contributed by atoms with van der Waals surface area (Å²) in [5.74, 6) is -1.67. The van der Waals surface area contributed by atoms with E-state index >= 15 is 4.39 Å². The molecule has 0 saturated carbocycles. The summed E-state index contributed by atoms with van der Waals surface area (Å²) in [4.78, 5) is 19.3. The predicted octanol–water partition coefficient (Wildman–Crippen LogP) is 5.45. The van der Waals surface area contributed by atoms with Gasteiger partial charge in [0.1, 0.15) is 35.4 Å². The summed E-state index contributed by atoms with van der Waals surface area (Å²) in [6, 6.07) is 5.69. The van der Waals surface area contributed by atoms with Gasteiger partial charge in [-0.15, -0.1) is 11.3 Å². The van der Waals surface area contributed by atoms with Gasteiger partial charge in [-0.25, -0.2) is 13.8 Å². The van der Waals surface area contributed by atoms with Crippen LogP contribution in [0.4, 0.5) is 8.78 Å². The smallest absolute Gasteiger partial charge is 0.246 e. The second kappa shape index (κ2) is 11.1. The van der Waals surface area contributed by atoms with Gasteiger partial charge in [-0.3, -0.25) is 14.2 Å². The third-order valence-electron chi connectivity index (χ3n) is 7.27. The molecule has 1 amide bonds. The molecule has 5 heterocycles. The zero-order valence-electron chi connectivity index (χ0n) is 23.3. The number of carbonyl (C=O) groups excluding carboxylic acids is 1. The number of thiophene rings is 1. The Morgan fingerprint density at radius 2 is 2.05 bits per heavy atom. The van der Waals surface area contributed by atoms with Crippen LogP contribution in [-0.2, 0) is 29.7 Å². The van der Waals surface area contributed by atoms with Gasteiger partial charge in [0.05, 0.1) is 42.8 Å². The molecule has 216 valence electrons. The molecule has 1 aromatic carbocycles. The number of methoxy groups -OCH3 is 1. The van der Waals surface area contributed by atoms with Crippen molar-refractivity contribution in [2.75, 3.05) is 20.3 Å². The number of rotatable bonds is 8. The fourth-order valence-corrected chi connectivity index (χ4v) is 6.24. The van der Waals surface area contributed by atoms with Crippen molar-refractivity contribution in [3.63, 3.8) is 0 Å². The number of hydrogen-bond acceptors (Lipinski definition) is 7. The van der Waals surface area contributed by atoms with E-state index < -0.39 is 11.6 Å². The molecule has 4 aromatic heterocycles. The summed E-state index contributed by atoms with van der Waals surface area (Å²) in [6.07, 6.45) is 4.88. The molecular weight excluding hydrogens is 562 g/mol. The first-order chi connectivity index (χ1) is 20.3. The lowest BCUT2D eigenvalue weighted by molar-refractivity contribution is -0.129. The highest BCUT2D eigenvalue weighted by Gasteiger charge is 2.30. The third kappa shape index (κ3) is 4.86. The van der Waals surface area contributed by atoms with Crippen LogP contribution in [0.3, 0.4) is 0 Å². The zero-order chi connectivity index (χ0) is 29.5. The summed E-state index contributed by atoms with van der Waals surface area (Å²) in [6.45, 7) is 6.72. The molecule has 6 rings (SSSR count). The molecule has 1 aliphatic rings. The lowest BCUT2D eigenvalue weighted by atomic mass is 9.97. The Morgan fingerprint density at radius 3 is 2.79 bits per heavy atom. The average Bonchev–Trinajstić information content (AvgIpc) is 3.71. The normalized spacial score (nSPS) is 14.8. The van der Waals surface area contributed by atoms with E-state index in [1.807, 2.05) is 42.4 Å². The van der Waals surface area contributed by atoms with E-state index in [0.29, 0.717) is 35.7 Å². The van der Waals surface area contributed by atoms with E-state index in [0.717, 1.165) is 27.4 Å². The number of hydrogen-bond donors (Lipinski definition) is 0. The van der Waals surface area contributed by atoms with Gasteiger partial charge in [-0.05, 0) is 30.5 Å². The number of aryl methyl sites for hydroxylation is 1. The van der Waals surface area contributed by atoms with Crippen LogP contribution in [0.1, 0.15) is 12.6 Å². The standard InChI is InChI=1S/C30H28F2N6O3S/c1-5-25(39)37-16-20-12-23(35-38(20)14-17(37)2)29-27(26-22(32)10-19(31)11-24(26)41-8-7-40-4)30-21(6-9-42-30)28(34-29)18-13-33-36(3)15-18/h5-6,9-13,15,17H,1,7-8,14,16H2,2-4H3/t17-/m1/s1. The van der Waals surface area contributed by atoms with Gasteiger partial charge in [0, 0.05) is 59.7 Å². The van der Waals surface area contributed by atoms with Crippen LogP contribution < -0.4 is 4.74 Å². The van der Waals surface area contributed by atoms with Crippen LogP contribution in [0.25, 0.3) is 43.9 Å². The lowest BCUT2D eigenvalue weighted by Gasteiger charge is -2.33. The summed E-state index contributed by atoms with van der Waals surface area (Å²) in [5, 5.41) is 11.9. The van der Waals surface area contributed by atoms with Gasteiger partial charge < -0.3 is 14.4 Å². The number of benzene rings is 1. The van der Waals surface area contributed by atoms with Crippen molar-refractivity contribution >= 4 is 27.3 Å². The van der Waals surface area contributed by atoms with Crippen LogP contribution in [-0.4, -0.2) is 61.7 Å². The first-order valence-electron chi connectivity index (χ1n) is 13.3. The minimum absolute atomic E-state index is 0.0387. The van der Waals surface area contributed by atoms with E-state index in [-0.39, 0.29) is 36.5 Å². The maximum atomic E-state index is 15.9. The fraction of sp³-hybridized carbons (Fsp3) is 0.267. The van der Waals surface area contributed by atoms with Gasteiger partial charge in [0.2, 0.25) is 5.91 Å². The first-order valence-corrected chi connectivity index (χ1v) is 14.2. The molecule has 1 aliphatic heterocycles. The molecule has 0 unspecified atom stereocenters. The highest BCUT2D eigenvalue weighted by molar-refractivity contribution is 7.18. The Bertz CT molecular complexity index is 1830. The minimum atomic E-state index is -0.783. The fourth-order valence-electron chi connectivity index (χ4n) is 5.30. The monoisotopic (exact) mass is 590 g/mol. The van der Waals surface area contributed by atoms with Crippen molar-refractivity contribution in [3.05, 3.63) is 72.0 Å². The van der Waals surface area contributed by atoms with Crippen LogP contribution in [0, 0.1) is 11.6 Å². The number of pyridine rings is 1. The average molecular weight is 591 g/mol. The van der Waals surface area contributed by atoms with Crippen LogP contribution in [0.2, 0.25) is 0 Å². The maximum Gasteiger partial charge on any atom is 0.246 e. The molecule has 9 nitrogen and oxygen atoms in total. The van der Waals surface area contributed by atoms with Crippen LogP contribution in [0.15, 0.2) is 54.7 Å². The van der Waals surface area contributed by atoms with Gasteiger partial charge in [-0.1, -0.05) is 6.58 Å². The van der Waals surface area contributed by atoms with Crippen molar-refractivity contribution in [2.24, 2.45) is 7.05 Å². The quantitative estimate of drug-likeness (QED) is 0.177. The molecule has 0 fully saturated rings. The van der Waals surface area contributed by atoms with Gasteiger partial charge >= 0.3 is 0 Å². The topological polar surface area (TPSA) is 87.3 Å². The molecule has 0 aliphatic carbocycles. The summed E-state index contributed by atoms with van der Waals surface area (Å²) < 4.78 is 45.6. The van der Waals surface area contributed by atoms with Crippen LogP contribution >= 0.6 is 11.3 Å². The molecule has 5 aromatic rings. The summed E-state index contributed by atoms with van der Waals surface area (Å²) in [5.41, 5.74) is 3.67. The molecule has 0 N–H and O–H groups in total. The number of carbonyl (C=O) groups is 1. The lowest BCUT2D eigenvalue weighted by Crippen LogP contribution is -2.44. The molecule has 12 heteroatoms. The number of ether oxygens (including phenoxy) is 2. The van der Waals surface area contributed by atoms with Crippen molar-refractivity contribution in [1.29, 1.82) is 0 Å². The second-order valence-electron chi connectivity index (χ2n) is 10.1.